The van der Waals surface area contributed by atoms with E-state index in [-0.39, 0.29) is 0 Å². The van der Waals surface area contributed by atoms with Crippen LogP contribution < -0.4 is 27.3 Å². The van der Waals surface area contributed by atoms with Crippen molar-refractivity contribution in [3.05, 3.63) is 140 Å². The fourth-order valence-corrected chi connectivity index (χ4v) is 8.46. The smallest absolute Gasteiger partial charge is 0.167 e. The van der Waals surface area contributed by atoms with Gasteiger partial charge in [-0.3, -0.25) is 0 Å². The maximum atomic E-state index is 6.81. The first kappa shape index (κ1) is 33.1. The van der Waals surface area contributed by atoms with Crippen LogP contribution in [-0.2, 0) is 0 Å². The molecule has 7 aromatic carbocycles. The molecule has 0 bridgehead atoms. The fraction of sp³-hybridized carbons (Fsp3) is 0. The summed E-state index contributed by atoms with van der Waals surface area (Å²) >= 11 is 0. The van der Waals surface area contributed by atoms with Crippen LogP contribution in [0.25, 0.3) is 94.7 Å². The standard InChI is InChI=1S/C45H33B5N4O/c46-37-35(38(47)40(49)41(50)39(37)48)25-13-8-14-26(23-25)44-51-43(24-11-2-1-3-12-24)52-45(53-44)30-18-9-17-29-36-33(21-10-22-34(36)55-42(29)30)54-31-19-6-4-15-27(31)28-16-5-7-20-32(28)54/h1-23H,46-50H2. The Morgan fingerprint density at radius 1 is 0.436 bits per heavy atom. The molecule has 0 unspecified atom stereocenters. The van der Waals surface area contributed by atoms with Crippen molar-refractivity contribution >= 4 is 110 Å². The molecule has 0 fully saturated rings. The Labute approximate surface area is 323 Å². The quantitative estimate of drug-likeness (QED) is 0.260. The van der Waals surface area contributed by atoms with Crippen molar-refractivity contribution in [2.45, 2.75) is 0 Å². The van der Waals surface area contributed by atoms with Crippen LogP contribution in [0.4, 0.5) is 0 Å². The maximum Gasteiger partial charge on any atom is 0.167 e. The van der Waals surface area contributed by atoms with Gasteiger partial charge in [0.05, 0.1) is 27.7 Å². The van der Waals surface area contributed by atoms with Crippen molar-refractivity contribution in [2.75, 3.05) is 0 Å². The summed E-state index contributed by atoms with van der Waals surface area (Å²) in [4.78, 5) is 15.4. The molecule has 254 valence electrons. The van der Waals surface area contributed by atoms with Crippen LogP contribution in [-0.4, -0.2) is 58.8 Å². The van der Waals surface area contributed by atoms with Gasteiger partial charge in [-0.15, -0.1) is 16.4 Å². The van der Waals surface area contributed by atoms with Crippen LogP contribution in [0.1, 0.15) is 0 Å². The minimum atomic E-state index is 0.562. The molecular formula is C45H33B5N4O. The summed E-state index contributed by atoms with van der Waals surface area (Å²) in [6.07, 6.45) is 0. The van der Waals surface area contributed by atoms with Crippen molar-refractivity contribution in [3.63, 3.8) is 0 Å². The summed E-state index contributed by atoms with van der Waals surface area (Å²) in [5, 5.41) is 4.49. The highest BCUT2D eigenvalue weighted by atomic mass is 16.3. The molecule has 0 N–H and O–H groups in total. The monoisotopic (exact) mass is 700 g/mol. The van der Waals surface area contributed by atoms with Gasteiger partial charge < -0.3 is 8.98 Å². The minimum Gasteiger partial charge on any atom is -0.455 e. The first-order valence-corrected chi connectivity index (χ1v) is 18.8. The topological polar surface area (TPSA) is 56.7 Å². The number of fused-ring (bicyclic) bond motifs is 6. The summed E-state index contributed by atoms with van der Waals surface area (Å²) in [7, 11) is 11.1. The average molecular weight is 700 g/mol. The highest BCUT2D eigenvalue weighted by molar-refractivity contribution is 6.68. The Balaban J connectivity index is 1.19. The van der Waals surface area contributed by atoms with Crippen molar-refractivity contribution in [2.24, 2.45) is 0 Å². The molecule has 0 aliphatic rings. The van der Waals surface area contributed by atoms with Gasteiger partial charge in [0.15, 0.2) is 17.5 Å². The first-order valence-electron chi connectivity index (χ1n) is 18.8. The number of rotatable bonds is 5. The lowest BCUT2D eigenvalue weighted by molar-refractivity contribution is 0.669. The van der Waals surface area contributed by atoms with Crippen LogP contribution in [0.15, 0.2) is 144 Å². The highest BCUT2D eigenvalue weighted by Crippen LogP contribution is 2.41. The summed E-state index contributed by atoms with van der Waals surface area (Å²) in [6.45, 7) is 0. The highest BCUT2D eigenvalue weighted by Gasteiger charge is 2.22. The lowest BCUT2D eigenvalue weighted by Gasteiger charge is -2.20. The van der Waals surface area contributed by atoms with E-state index in [1.54, 1.807) is 0 Å². The van der Waals surface area contributed by atoms with Gasteiger partial charge in [-0.2, -0.15) is 0 Å². The summed E-state index contributed by atoms with van der Waals surface area (Å²) in [5.41, 5.74) is 16.6. The number of hydrogen-bond acceptors (Lipinski definition) is 4. The summed E-state index contributed by atoms with van der Waals surface area (Å²) in [5.74, 6) is 1.78. The molecule has 5 nitrogen and oxygen atoms in total. The second kappa shape index (κ2) is 12.8. The van der Waals surface area contributed by atoms with E-state index in [1.807, 2.05) is 30.3 Å². The van der Waals surface area contributed by atoms with Crippen molar-refractivity contribution in [3.8, 4) is 51.0 Å². The third kappa shape index (κ3) is 5.19. The van der Waals surface area contributed by atoms with E-state index in [0.29, 0.717) is 17.5 Å². The molecular weight excluding hydrogens is 667 g/mol. The van der Waals surface area contributed by atoms with E-state index in [2.05, 4.69) is 153 Å². The van der Waals surface area contributed by atoms with E-state index in [1.165, 1.54) is 43.6 Å². The van der Waals surface area contributed by atoms with Gasteiger partial charge >= 0.3 is 0 Å². The van der Waals surface area contributed by atoms with Gasteiger partial charge in [0.1, 0.15) is 50.4 Å². The Morgan fingerprint density at radius 2 is 0.964 bits per heavy atom. The van der Waals surface area contributed by atoms with Crippen molar-refractivity contribution in [1.82, 2.24) is 19.5 Å². The molecule has 3 heterocycles. The molecule has 0 spiro atoms. The molecule has 0 aliphatic carbocycles. The molecule has 10 rings (SSSR count). The van der Waals surface area contributed by atoms with Crippen LogP contribution >= 0.6 is 0 Å². The Kier molecular flexibility index (Phi) is 7.70. The summed E-state index contributed by atoms with van der Waals surface area (Å²) in [6, 6.07) is 48.5. The molecule has 0 saturated heterocycles. The van der Waals surface area contributed by atoms with Gasteiger partial charge in [0, 0.05) is 27.3 Å². The molecule has 0 atom stereocenters. The molecule has 0 aliphatic heterocycles. The predicted molar refractivity (Wildman–Crippen MR) is 244 cm³/mol. The van der Waals surface area contributed by atoms with E-state index < -0.39 is 0 Å². The predicted octanol–water partition coefficient (Wildman–Crippen LogP) is 2.83. The van der Waals surface area contributed by atoms with Crippen LogP contribution in [0.3, 0.4) is 0 Å². The molecule has 10 aromatic rings. The van der Waals surface area contributed by atoms with Gasteiger partial charge in [0.2, 0.25) is 0 Å². The van der Waals surface area contributed by atoms with Gasteiger partial charge in [-0.05, 0) is 47.5 Å². The maximum absolute atomic E-state index is 6.81. The normalized spacial score (nSPS) is 11.6. The molecule has 10 heteroatoms. The lowest BCUT2D eigenvalue weighted by atomic mass is 9.59. The van der Waals surface area contributed by atoms with Crippen molar-refractivity contribution in [1.29, 1.82) is 0 Å². The van der Waals surface area contributed by atoms with E-state index in [4.69, 9.17) is 19.4 Å². The molecule has 3 aromatic heterocycles. The zero-order valence-electron chi connectivity index (χ0n) is 31.5. The Hall–Kier alpha value is -6.53. The largest absolute Gasteiger partial charge is 0.455 e. The summed E-state index contributed by atoms with van der Waals surface area (Å²) < 4.78 is 9.17. The first-order chi connectivity index (χ1) is 26.9. The van der Waals surface area contributed by atoms with Crippen LogP contribution in [0.2, 0.25) is 0 Å². The van der Waals surface area contributed by atoms with Crippen LogP contribution in [0.5, 0.6) is 0 Å². The number of para-hydroxylation sites is 3. The number of hydrogen-bond donors (Lipinski definition) is 0. The van der Waals surface area contributed by atoms with Gasteiger partial charge in [-0.1, -0.05) is 114 Å². The minimum absolute atomic E-state index is 0.562. The lowest BCUT2D eigenvalue weighted by Crippen LogP contribution is -2.55. The zero-order valence-corrected chi connectivity index (χ0v) is 31.5. The molecule has 0 amide bonds. The fourth-order valence-electron chi connectivity index (χ4n) is 8.46. The third-order valence-corrected chi connectivity index (χ3v) is 11.6. The Bertz CT molecular complexity index is 3090. The Morgan fingerprint density at radius 3 is 1.67 bits per heavy atom. The third-order valence-electron chi connectivity index (χ3n) is 11.6. The average Bonchev–Trinajstić information content (AvgIpc) is 3.79. The van der Waals surface area contributed by atoms with Crippen LogP contribution in [0, 0.1) is 0 Å². The van der Waals surface area contributed by atoms with E-state index in [9.17, 15) is 0 Å². The number of furan rings is 1. The molecule has 55 heavy (non-hydrogen) atoms. The second-order valence-electron chi connectivity index (χ2n) is 14.6. The zero-order chi connectivity index (χ0) is 37.4. The van der Waals surface area contributed by atoms with Gasteiger partial charge in [0.25, 0.3) is 0 Å². The second-order valence-corrected chi connectivity index (χ2v) is 14.6. The molecule has 0 saturated carbocycles. The van der Waals surface area contributed by atoms with Gasteiger partial charge in [-0.25, -0.2) is 15.0 Å². The van der Waals surface area contributed by atoms with E-state index in [0.717, 1.165) is 60.9 Å². The molecule has 0 radical (unpaired) electrons. The number of benzene rings is 7. The van der Waals surface area contributed by atoms with E-state index >= 15 is 0 Å². The van der Waals surface area contributed by atoms with Crippen molar-refractivity contribution < 1.29 is 4.42 Å². The SMILES string of the molecule is Bc1c(B)c(B)c(-c2cccc(-c3nc(-c4ccccc4)nc(-c4cccc5c4oc4cccc(-n6c7ccccc7c7ccccc76)c45)n3)c2)c(B)c1B. The number of aromatic nitrogens is 4. The number of nitrogens with zero attached hydrogens (tertiary/aromatic N) is 4.